The van der Waals surface area contributed by atoms with Crippen LogP contribution in [0.4, 0.5) is 10.5 Å². The molecular weight excluding hydrogens is 214 g/mol. The first kappa shape index (κ1) is 11.7. The third-order valence-electron chi connectivity index (χ3n) is 2.88. The molecule has 0 radical (unpaired) electrons. The third kappa shape index (κ3) is 2.31. The maximum absolute atomic E-state index is 11.9. The molecule has 1 fully saturated rings. The minimum Gasteiger partial charge on any atom is -0.327 e. The van der Waals surface area contributed by atoms with Gasteiger partial charge in [-0.25, -0.2) is 4.79 Å². The number of amides is 2. The standard InChI is InChI=1S/C13H17N3O/c1-15-9-10-16(13(15)17)12-7-3-2-5-11(12)6-4-8-14/h2-7H,8-10,14H2,1H3/b6-4+. The van der Waals surface area contributed by atoms with Gasteiger partial charge < -0.3 is 10.6 Å². The largest absolute Gasteiger partial charge is 0.327 e. The van der Waals surface area contributed by atoms with E-state index in [0.29, 0.717) is 6.54 Å². The summed E-state index contributed by atoms with van der Waals surface area (Å²) < 4.78 is 0. The van der Waals surface area contributed by atoms with Gasteiger partial charge in [-0.1, -0.05) is 30.4 Å². The number of urea groups is 1. The van der Waals surface area contributed by atoms with E-state index in [0.717, 1.165) is 24.3 Å². The fourth-order valence-corrected chi connectivity index (χ4v) is 1.94. The molecule has 2 rings (SSSR count). The van der Waals surface area contributed by atoms with Gasteiger partial charge in [0.15, 0.2) is 0 Å². The molecule has 1 saturated heterocycles. The van der Waals surface area contributed by atoms with Gasteiger partial charge in [0.1, 0.15) is 0 Å². The van der Waals surface area contributed by atoms with Crippen LogP contribution in [0, 0.1) is 0 Å². The second kappa shape index (κ2) is 5.01. The topological polar surface area (TPSA) is 49.6 Å². The molecule has 0 atom stereocenters. The highest BCUT2D eigenvalue weighted by Gasteiger charge is 2.27. The van der Waals surface area contributed by atoms with Crippen molar-refractivity contribution >= 4 is 17.8 Å². The summed E-state index contributed by atoms with van der Waals surface area (Å²) in [4.78, 5) is 15.5. The average molecular weight is 231 g/mol. The number of benzene rings is 1. The highest BCUT2D eigenvalue weighted by atomic mass is 16.2. The molecular formula is C13H17N3O. The van der Waals surface area contributed by atoms with Crippen molar-refractivity contribution in [1.29, 1.82) is 0 Å². The fraction of sp³-hybridized carbons (Fsp3) is 0.308. The SMILES string of the molecule is CN1CCN(c2ccccc2/C=C/CN)C1=O. The minimum absolute atomic E-state index is 0.0543. The van der Waals surface area contributed by atoms with Crippen molar-refractivity contribution in [3.05, 3.63) is 35.9 Å². The van der Waals surface area contributed by atoms with E-state index < -0.39 is 0 Å². The van der Waals surface area contributed by atoms with Crippen LogP contribution in [0.5, 0.6) is 0 Å². The third-order valence-corrected chi connectivity index (χ3v) is 2.88. The molecule has 17 heavy (non-hydrogen) atoms. The second-order valence-electron chi connectivity index (χ2n) is 4.05. The molecule has 90 valence electrons. The van der Waals surface area contributed by atoms with E-state index in [1.165, 1.54) is 0 Å². The smallest absolute Gasteiger partial charge is 0.324 e. The lowest BCUT2D eigenvalue weighted by Gasteiger charge is -2.18. The number of hydrogen-bond donors (Lipinski definition) is 1. The van der Waals surface area contributed by atoms with Crippen LogP contribution in [0.1, 0.15) is 5.56 Å². The summed E-state index contributed by atoms with van der Waals surface area (Å²) >= 11 is 0. The maximum atomic E-state index is 11.9. The Labute approximate surface area is 101 Å². The predicted molar refractivity (Wildman–Crippen MR) is 69.9 cm³/mol. The lowest BCUT2D eigenvalue weighted by atomic mass is 10.1. The summed E-state index contributed by atoms with van der Waals surface area (Å²) in [6.07, 6.45) is 3.85. The summed E-state index contributed by atoms with van der Waals surface area (Å²) in [5.41, 5.74) is 7.43. The Hall–Kier alpha value is -1.81. The number of hydrogen-bond acceptors (Lipinski definition) is 2. The molecule has 0 aromatic heterocycles. The van der Waals surface area contributed by atoms with Crippen LogP contribution in [0.3, 0.4) is 0 Å². The van der Waals surface area contributed by atoms with Crippen molar-refractivity contribution in [3.63, 3.8) is 0 Å². The number of anilines is 1. The molecule has 0 unspecified atom stereocenters. The van der Waals surface area contributed by atoms with E-state index >= 15 is 0 Å². The number of carbonyl (C=O) groups is 1. The number of carbonyl (C=O) groups excluding carboxylic acids is 1. The molecule has 4 heteroatoms. The zero-order chi connectivity index (χ0) is 12.3. The lowest BCUT2D eigenvalue weighted by molar-refractivity contribution is 0.229. The van der Waals surface area contributed by atoms with Crippen molar-refractivity contribution in [1.82, 2.24) is 4.90 Å². The molecule has 1 aromatic carbocycles. The van der Waals surface area contributed by atoms with E-state index in [1.807, 2.05) is 43.5 Å². The van der Waals surface area contributed by atoms with E-state index in [-0.39, 0.29) is 6.03 Å². The van der Waals surface area contributed by atoms with E-state index in [4.69, 9.17) is 5.73 Å². The Morgan fingerprint density at radius 3 is 2.76 bits per heavy atom. The van der Waals surface area contributed by atoms with Gasteiger partial charge >= 0.3 is 6.03 Å². The van der Waals surface area contributed by atoms with Crippen LogP contribution in [0.2, 0.25) is 0 Å². The second-order valence-corrected chi connectivity index (χ2v) is 4.05. The highest BCUT2D eigenvalue weighted by Crippen LogP contribution is 2.24. The van der Waals surface area contributed by atoms with E-state index in [9.17, 15) is 4.79 Å². The molecule has 2 amide bonds. The van der Waals surface area contributed by atoms with Crippen LogP contribution < -0.4 is 10.6 Å². The van der Waals surface area contributed by atoms with Gasteiger partial charge in [-0.15, -0.1) is 0 Å². The molecule has 4 nitrogen and oxygen atoms in total. The molecule has 0 saturated carbocycles. The Balaban J connectivity index is 2.32. The number of rotatable bonds is 3. The molecule has 1 aromatic rings. The predicted octanol–water partition coefficient (Wildman–Crippen LogP) is 1.53. The molecule has 2 N–H and O–H groups in total. The molecule has 0 bridgehead atoms. The van der Waals surface area contributed by atoms with Gasteiger partial charge in [-0.2, -0.15) is 0 Å². The van der Waals surface area contributed by atoms with Crippen molar-refractivity contribution < 1.29 is 4.79 Å². The number of nitrogens with two attached hydrogens (primary N) is 1. The summed E-state index contributed by atoms with van der Waals surface area (Å²) in [7, 11) is 1.82. The quantitative estimate of drug-likeness (QED) is 0.857. The zero-order valence-electron chi connectivity index (χ0n) is 9.97. The van der Waals surface area contributed by atoms with Crippen molar-refractivity contribution in [2.75, 3.05) is 31.6 Å². The van der Waals surface area contributed by atoms with Gasteiger partial charge in [-0.05, 0) is 11.6 Å². The first-order valence-corrected chi connectivity index (χ1v) is 5.72. The summed E-state index contributed by atoms with van der Waals surface area (Å²) in [5, 5.41) is 0. The Bertz CT molecular complexity index is 442. The molecule has 1 aliphatic heterocycles. The average Bonchev–Trinajstić information content (AvgIpc) is 2.68. The molecule has 1 heterocycles. The molecule has 0 aliphatic carbocycles. The Morgan fingerprint density at radius 1 is 1.35 bits per heavy atom. The zero-order valence-corrected chi connectivity index (χ0v) is 9.97. The first-order chi connectivity index (χ1) is 8.24. The minimum atomic E-state index is 0.0543. The molecule has 0 spiro atoms. The van der Waals surface area contributed by atoms with Crippen LogP contribution in [-0.2, 0) is 0 Å². The molecule has 1 aliphatic rings. The maximum Gasteiger partial charge on any atom is 0.324 e. The van der Waals surface area contributed by atoms with Gasteiger partial charge in [0.2, 0.25) is 0 Å². The Morgan fingerprint density at radius 2 is 2.12 bits per heavy atom. The van der Waals surface area contributed by atoms with Crippen LogP contribution >= 0.6 is 0 Å². The summed E-state index contributed by atoms with van der Waals surface area (Å²) in [5.74, 6) is 0. The van der Waals surface area contributed by atoms with Gasteiger partial charge in [-0.3, -0.25) is 4.90 Å². The van der Waals surface area contributed by atoms with Crippen LogP contribution in [0.15, 0.2) is 30.3 Å². The lowest BCUT2D eigenvalue weighted by Crippen LogP contribution is -2.29. The number of para-hydroxylation sites is 1. The normalized spacial score (nSPS) is 16.2. The van der Waals surface area contributed by atoms with Crippen LogP contribution in [-0.4, -0.2) is 37.6 Å². The van der Waals surface area contributed by atoms with E-state index in [1.54, 1.807) is 9.80 Å². The highest BCUT2D eigenvalue weighted by molar-refractivity contribution is 5.96. The van der Waals surface area contributed by atoms with Crippen molar-refractivity contribution in [2.45, 2.75) is 0 Å². The fourth-order valence-electron chi connectivity index (χ4n) is 1.94. The summed E-state index contributed by atoms with van der Waals surface area (Å²) in [6, 6.07) is 7.92. The van der Waals surface area contributed by atoms with Gasteiger partial charge in [0.05, 0.1) is 5.69 Å². The summed E-state index contributed by atoms with van der Waals surface area (Å²) in [6.45, 7) is 2.01. The van der Waals surface area contributed by atoms with Crippen LogP contribution in [0.25, 0.3) is 6.08 Å². The monoisotopic (exact) mass is 231 g/mol. The first-order valence-electron chi connectivity index (χ1n) is 5.72. The number of likely N-dealkylation sites (N-methyl/N-ethyl adjacent to an activating group) is 1. The number of nitrogens with zero attached hydrogens (tertiary/aromatic N) is 2. The Kier molecular flexibility index (Phi) is 3.44. The van der Waals surface area contributed by atoms with E-state index in [2.05, 4.69) is 0 Å². The van der Waals surface area contributed by atoms with Gasteiger partial charge in [0.25, 0.3) is 0 Å². The van der Waals surface area contributed by atoms with Gasteiger partial charge in [0, 0.05) is 26.7 Å². The van der Waals surface area contributed by atoms with Crippen molar-refractivity contribution in [2.24, 2.45) is 5.73 Å². The van der Waals surface area contributed by atoms with Crippen molar-refractivity contribution in [3.8, 4) is 0 Å².